The standard InChI is InChI=1S/C22H20N4O/c27-22(23-16-21-25-24-20-12-6-7-15-26(20)21)19-11-5-4-10-18(19)14-13-17-8-2-1-3-9-17/h1-12,15H,13-14,16H2,(H,23,27). The number of aryl methyl sites for hydroxylation is 2. The van der Waals surface area contributed by atoms with Crippen molar-refractivity contribution < 1.29 is 4.79 Å². The fraction of sp³-hybridized carbons (Fsp3) is 0.136. The third-order valence-electron chi connectivity index (χ3n) is 4.58. The molecule has 4 rings (SSSR count). The maximum atomic E-state index is 12.7. The second-order valence-electron chi connectivity index (χ2n) is 6.37. The van der Waals surface area contributed by atoms with Gasteiger partial charge in [-0.3, -0.25) is 9.20 Å². The first-order valence-corrected chi connectivity index (χ1v) is 9.00. The fourth-order valence-corrected chi connectivity index (χ4v) is 3.15. The predicted molar refractivity (Wildman–Crippen MR) is 104 cm³/mol. The molecule has 0 aliphatic rings. The molecule has 2 aromatic heterocycles. The zero-order valence-corrected chi connectivity index (χ0v) is 14.9. The summed E-state index contributed by atoms with van der Waals surface area (Å²) in [7, 11) is 0. The quantitative estimate of drug-likeness (QED) is 0.576. The van der Waals surface area contributed by atoms with E-state index in [2.05, 4.69) is 27.6 Å². The summed E-state index contributed by atoms with van der Waals surface area (Å²) in [6.07, 6.45) is 3.62. The molecule has 0 spiro atoms. The van der Waals surface area contributed by atoms with Crippen LogP contribution in [0.4, 0.5) is 0 Å². The number of pyridine rings is 1. The van der Waals surface area contributed by atoms with E-state index in [0.717, 1.165) is 24.1 Å². The Hall–Kier alpha value is -3.47. The van der Waals surface area contributed by atoms with Crippen molar-refractivity contribution in [2.24, 2.45) is 0 Å². The van der Waals surface area contributed by atoms with Crippen LogP contribution in [0, 0.1) is 0 Å². The summed E-state index contributed by atoms with van der Waals surface area (Å²) in [5, 5.41) is 11.2. The molecule has 0 atom stereocenters. The van der Waals surface area contributed by atoms with Gasteiger partial charge in [-0.15, -0.1) is 10.2 Å². The topological polar surface area (TPSA) is 59.3 Å². The molecular formula is C22H20N4O. The van der Waals surface area contributed by atoms with Crippen molar-refractivity contribution >= 4 is 11.6 Å². The van der Waals surface area contributed by atoms with Gasteiger partial charge in [0.1, 0.15) is 0 Å². The minimum Gasteiger partial charge on any atom is -0.345 e. The van der Waals surface area contributed by atoms with Crippen LogP contribution in [0.5, 0.6) is 0 Å². The molecule has 5 heteroatoms. The van der Waals surface area contributed by atoms with Crippen molar-refractivity contribution in [2.75, 3.05) is 0 Å². The van der Waals surface area contributed by atoms with Gasteiger partial charge in [-0.2, -0.15) is 0 Å². The van der Waals surface area contributed by atoms with Gasteiger partial charge >= 0.3 is 0 Å². The van der Waals surface area contributed by atoms with Crippen LogP contribution in [0.2, 0.25) is 0 Å². The molecule has 134 valence electrons. The van der Waals surface area contributed by atoms with E-state index in [1.54, 1.807) is 0 Å². The highest BCUT2D eigenvalue weighted by Gasteiger charge is 2.12. The van der Waals surface area contributed by atoms with Gasteiger partial charge in [0.05, 0.1) is 6.54 Å². The molecule has 5 nitrogen and oxygen atoms in total. The van der Waals surface area contributed by atoms with Gasteiger partial charge in [0.25, 0.3) is 5.91 Å². The number of rotatable bonds is 6. The van der Waals surface area contributed by atoms with Crippen LogP contribution >= 0.6 is 0 Å². The lowest BCUT2D eigenvalue weighted by Crippen LogP contribution is -2.25. The Kier molecular flexibility index (Phi) is 4.92. The van der Waals surface area contributed by atoms with Gasteiger partial charge in [-0.05, 0) is 42.2 Å². The normalized spacial score (nSPS) is 10.8. The van der Waals surface area contributed by atoms with Crippen LogP contribution in [-0.4, -0.2) is 20.5 Å². The number of carbonyl (C=O) groups is 1. The van der Waals surface area contributed by atoms with Gasteiger partial charge in [0.2, 0.25) is 0 Å². The lowest BCUT2D eigenvalue weighted by Gasteiger charge is -2.10. The molecule has 0 radical (unpaired) electrons. The highest BCUT2D eigenvalue weighted by atomic mass is 16.1. The molecule has 27 heavy (non-hydrogen) atoms. The van der Waals surface area contributed by atoms with Crippen molar-refractivity contribution in [2.45, 2.75) is 19.4 Å². The van der Waals surface area contributed by atoms with E-state index in [0.29, 0.717) is 17.9 Å². The summed E-state index contributed by atoms with van der Waals surface area (Å²) in [4.78, 5) is 12.7. The molecular weight excluding hydrogens is 336 g/mol. The van der Waals surface area contributed by atoms with Crippen LogP contribution in [0.25, 0.3) is 5.65 Å². The third-order valence-corrected chi connectivity index (χ3v) is 4.58. The van der Waals surface area contributed by atoms with E-state index < -0.39 is 0 Å². The first kappa shape index (κ1) is 17.0. The Balaban J connectivity index is 1.45. The van der Waals surface area contributed by atoms with E-state index in [-0.39, 0.29) is 5.91 Å². The Bertz CT molecular complexity index is 1060. The summed E-state index contributed by atoms with van der Waals surface area (Å²) in [5.41, 5.74) is 3.79. The van der Waals surface area contributed by atoms with Crippen LogP contribution in [0.1, 0.15) is 27.3 Å². The molecule has 0 bridgehead atoms. The Morgan fingerprint density at radius 2 is 1.63 bits per heavy atom. The number of hydrogen-bond acceptors (Lipinski definition) is 3. The SMILES string of the molecule is O=C(NCc1nnc2ccccn12)c1ccccc1CCc1ccccc1. The maximum Gasteiger partial charge on any atom is 0.251 e. The monoisotopic (exact) mass is 356 g/mol. The third kappa shape index (κ3) is 3.87. The molecule has 2 heterocycles. The Morgan fingerprint density at radius 3 is 2.52 bits per heavy atom. The number of carbonyl (C=O) groups excluding carboxylic acids is 1. The van der Waals surface area contributed by atoms with Gasteiger partial charge in [-0.1, -0.05) is 54.6 Å². The van der Waals surface area contributed by atoms with E-state index in [4.69, 9.17) is 0 Å². The molecule has 2 aromatic carbocycles. The molecule has 0 saturated heterocycles. The number of benzene rings is 2. The summed E-state index contributed by atoms with van der Waals surface area (Å²) >= 11 is 0. The lowest BCUT2D eigenvalue weighted by molar-refractivity contribution is 0.0949. The Morgan fingerprint density at radius 1 is 0.852 bits per heavy atom. The molecule has 1 amide bonds. The minimum absolute atomic E-state index is 0.0913. The highest BCUT2D eigenvalue weighted by Crippen LogP contribution is 2.13. The van der Waals surface area contributed by atoms with Crippen LogP contribution in [0.3, 0.4) is 0 Å². The maximum absolute atomic E-state index is 12.7. The molecule has 4 aromatic rings. The van der Waals surface area contributed by atoms with Gasteiger partial charge < -0.3 is 5.32 Å². The summed E-state index contributed by atoms with van der Waals surface area (Å²) in [5.74, 6) is 0.618. The van der Waals surface area contributed by atoms with E-state index in [9.17, 15) is 4.79 Å². The highest BCUT2D eigenvalue weighted by molar-refractivity contribution is 5.95. The molecule has 1 N–H and O–H groups in total. The molecule has 0 unspecified atom stereocenters. The number of fused-ring (bicyclic) bond motifs is 1. The lowest BCUT2D eigenvalue weighted by atomic mass is 9.99. The summed E-state index contributed by atoms with van der Waals surface area (Å²) < 4.78 is 1.88. The van der Waals surface area contributed by atoms with Crippen LogP contribution < -0.4 is 5.32 Å². The molecule has 0 saturated carbocycles. The first-order chi connectivity index (χ1) is 13.3. The van der Waals surface area contributed by atoms with Crippen molar-refractivity contribution in [3.05, 3.63) is 102 Å². The largest absolute Gasteiger partial charge is 0.345 e. The number of amides is 1. The van der Waals surface area contributed by atoms with E-state index in [1.807, 2.05) is 71.3 Å². The smallest absolute Gasteiger partial charge is 0.251 e. The average molecular weight is 356 g/mol. The number of nitrogens with one attached hydrogen (secondary N) is 1. The summed E-state index contributed by atoms with van der Waals surface area (Å²) in [6.45, 7) is 0.330. The number of nitrogens with zero attached hydrogens (tertiary/aromatic N) is 3. The van der Waals surface area contributed by atoms with E-state index >= 15 is 0 Å². The zero-order valence-electron chi connectivity index (χ0n) is 14.9. The van der Waals surface area contributed by atoms with Crippen molar-refractivity contribution in [1.29, 1.82) is 0 Å². The molecule has 0 fully saturated rings. The fourth-order valence-electron chi connectivity index (χ4n) is 3.15. The number of aromatic nitrogens is 3. The van der Waals surface area contributed by atoms with Crippen molar-refractivity contribution in [3.63, 3.8) is 0 Å². The van der Waals surface area contributed by atoms with Gasteiger partial charge in [0, 0.05) is 11.8 Å². The van der Waals surface area contributed by atoms with Gasteiger partial charge in [0.15, 0.2) is 11.5 Å². The zero-order chi connectivity index (χ0) is 18.5. The number of hydrogen-bond donors (Lipinski definition) is 1. The second-order valence-corrected chi connectivity index (χ2v) is 6.37. The second kappa shape index (κ2) is 7.83. The predicted octanol–water partition coefficient (Wildman–Crippen LogP) is 3.44. The minimum atomic E-state index is -0.0913. The van der Waals surface area contributed by atoms with Crippen LogP contribution in [0.15, 0.2) is 79.0 Å². The first-order valence-electron chi connectivity index (χ1n) is 9.00. The Labute approximate surface area is 157 Å². The van der Waals surface area contributed by atoms with Gasteiger partial charge in [-0.25, -0.2) is 0 Å². The van der Waals surface area contributed by atoms with Crippen molar-refractivity contribution in [3.8, 4) is 0 Å². The van der Waals surface area contributed by atoms with Crippen molar-refractivity contribution in [1.82, 2.24) is 19.9 Å². The van der Waals surface area contributed by atoms with Crippen LogP contribution in [-0.2, 0) is 19.4 Å². The molecule has 0 aliphatic heterocycles. The molecule has 0 aliphatic carbocycles. The average Bonchev–Trinajstić information content (AvgIpc) is 3.15. The summed E-state index contributed by atoms with van der Waals surface area (Å²) in [6, 6.07) is 23.8. The van der Waals surface area contributed by atoms with E-state index in [1.165, 1.54) is 5.56 Å².